The summed E-state index contributed by atoms with van der Waals surface area (Å²) in [5, 5.41) is 7.52. The lowest BCUT2D eigenvalue weighted by Crippen LogP contribution is -2.34. The molecule has 1 aromatic rings. The molecular weight excluding hydrogens is 182 g/mol. The molecule has 14 heavy (non-hydrogen) atoms. The van der Waals surface area contributed by atoms with Crippen LogP contribution in [0.4, 0.5) is 0 Å². The first-order chi connectivity index (χ1) is 6.62. The van der Waals surface area contributed by atoms with Gasteiger partial charge in [-0.1, -0.05) is 5.21 Å². The molecule has 5 nitrogen and oxygen atoms in total. The molecule has 1 saturated heterocycles. The summed E-state index contributed by atoms with van der Waals surface area (Å²) in [6.07, 6.45) is 3.32. The number of carbonyl (C=O) groups is 1. The smallest absolute Gasteiger partial charge is 0.216 e. The van der Waals surface area contributed by atoms with Crippen molar-refractivity contribution in [2.24, 2.45) is 7.05 Å². The molecule has 76 valence electrons. The van der Waals surface area contributed by atoms with Crippen molar-refractivity contribution in [2.45, 2.75) is 25.4 Å². The molecule has 0 amide bonds. The highest BCUT2D eigenvalue weighted by atomic mass is 16.5. The van der Waals surface area contributed by atoms with Crippen molar-refractivity contribution in [3.05, 3.63) is 11.9 Å². The number of ketones is 1. The van der Waals surface area contributed by atoms with Gasteiger partial charge >= 0.3 is 0 Å². The molecule has 0 N–H and O–H groups in total. The topological polar surface area (TPSA) is 57.0 Å². The van der Waals surface area contributed by atoms with Crippen molar-refractivity contribution in [1.82, 2.24) is 15.0 Å². The predicted molar refractivity (Wildman–Crippen MR) is 48.9 cm³/mol. The van der Waals surface area contributed by atoms with Gasteiger partial charge in [0.1, 0.15) is 5.60 Å². The molecule has 0 radical (unpaired) electrons. The Hall–Kier alpha value is -1.23. The Balaban J connectivity index is 2.23. The minimum Gasteiger partial charge on any atom is -0.367 e. The van der Waals surface area contributed by atoms with Crippen molar-refractivity contribution in [3.8, 4) is 0 Å². The third-order valence-electron chi connectivity index (χ3n) is 2.53. The van der Waals surface area contributed by atoms with Crippen molar-refractivity contribution in [1.29, 1.82) is 0 Å². The number of hydrogen-bond acceptors (Lipinski definition) is 4. The second-order valence-corrected chi connectivity index (χ2v) is 3.79. The van der Waals surface area contributed by atoms with E-state index in [2.05, 4.69) is 10.3 Å². The van der Waals surface area contributed by atoms with E-state index in [-0.39, 0.29) is 5.78 Å². The number of Topliss-reactive ketones (excluding diaryl/α,β-unsaturated/α-hetero) is 1. The Kier molecular flexibility index (Phi) is 2.11. The summed E-state index contributed by atoms with van der Waals surface area (Å²) < 4.78 is 6.96. The van der Waals surface area contributed by atoms with Crippen LogP contribution in [-0.2, 0) is 11.8 Å². The normalized spacial score (nSPS) is 26.7. The SMILES string of the molecule is Cn1cc(C(=O)C2(C)CCCO2)nn1. The molecule has 0 bridgehead atoms. The van der Waals surface area contributed by atoms with E-state index in [4.69, 9.17) is 4.74 Å². The number of aryl methyl sites for hydroxylation is 1. The second kappa shape index (κ2) is 3.16. The Morgan fingerprint density at radius 1 is 1.71 bits per heavy atom. The first-order valence-electron chi connectivity index (χ1n) is 4.67. The van der Waals surface area contributed by atoms with Gasteiger partial charge in [-0.3, -0.25) is 9.48 Å². The molecule has 0 aromatic carbocycles. The molecule has 1 aliphatic rings. The van der Waals surface area contributed by atoms with E-state index >= 15 is 0 Å². The van der Waals surface area contributed by atoms with Gasteiger partial charge in [-0.2, -0.15) is 0 Å². The van der Waals surface area contributed by atoms with Crippen LogP contribution in [-0.4, -0.2) is 33.0 Å². The molecule has 1 unspecified atom stereocenters. The zero-order valence-electron chi connectivity index (χ0n) is 8.36. The van der Waals surface area contributed by atoms with Gasteiger partial charge in [-0.25, -0.2) is 0 Å². The highest BCUT2D eigenvalue weighted by Gasteiger charge is 2.39. The van der Waals surface area contributed by atoms with E-state index in [0.717, 1.165) is 12.8 Å². The predicted octanol–water partition coefficient (Wildman–Crippen LogP) is 0.567. The molecule has 5 heteroatoms. The van der Waals surface area contributed by atoms with E-state index in [9.17, 15) is 4.79 Å². The van der Waals surface area contributed by atoms with Crippen LogP contribution in [0.2, 0.25) is 0 Å². The lowest BCUT2D eigenvalue weighted by molar-refractivity contribution is 0.0209. The fraction of sp³-hybridized carbons (Fsp3) is 0.667. The third kappa shape index (κ3) is 1.43. The lowest BCUT2D eigenvalue weighted by Gasteiger charge is -2.19. The highest BCUT2D eigenvalue weighted by Crippen LogP contribution is 2.28. The molecule has 1 fully saturated rings. The van der Waals surface area contributed by atoms with Gasteiger partial charge in [0.05, 0.1) is 6.20 Å². The van der Waals surface area contributed by atoms with E-state index in [0.29, 0.717) is 12.3 Å². The molecule has 1 aliphatic heterocycles. The average Bonchev–Trinajstić information content (AvgIpc) is 2.74. The summed E-state index contributed by atoms with van der Waals surface area (Å²) in [5.41, 5.74) is -0.298. The maximum absolute atomic E-state index is 11.9. The highest BCUT2D eigenvalue weighted by molar-refractivity contribution is 6.00. The minimum absolute atomic E-state index is 0.0666. The van der Waals surface area contributed by atoms with Gasteiger partial charge in [0.2, 0.25) is 5.78 Å². The van der Waals surface area contributed by atoms with Crippen molar-refractivity contribution in [3.63, 3.8) is 0 Å². The van der Waals surface area contributed by atoms with Crippen LogP contribution in [0.5, 0.6) is 0 Å². The Bertz CT molecular complexity index is 353. The van der Waals surface area contributed by atoms with E-state index in [1.54, 1.807) is 13.2 Å². The monoisotopic (exact) mass is 195 g/mol. The Morgan fingerprint density at radius 3 is 3.00 bits per heavy atom. The van der Waals surface area contributed by atoms with Gasteiger partial charge in [0.25, 0.3) is 0 Å². The third-order valence-corrected chi connectivity index (χ3v) is 2.53. The van der Waals surface area contributed by atoms with Gasteiger partial charge < -0.3 is 4.74 Å². The summed E-state index contributed by atoms with van der Waals surface area (Å²) in [4.78, 5) is 11.9. The zero-order valence-corrected chi connectivity index (χ0v) is 8.36. The summed E-state index contributed by atoms with van der Waals surface area (Å²) in [6.45, 7) is 2.47. The van der Waals surface area contributed by atoms with Crippen LogP contribution >= 0.6 is 0 Å². The summed E-state index contributed by atoms with van der Waals surface area (Å²) in [7, 11) is 1.74. The second-order valence-electron chi connectivity index (χ2n) is 3.79. The van der Waals surface area contributed by atoms with Gasteiger partial charge in [0, 0.05) is 13.7 Å². The first-order valence-corrected chi connectivity index (χ1v) is 4.67. The first kappa shape index (κ1) is 9.33. The number of ether oxygens (including phenoxy) is 1. The van der Waals surface area contributed by atoms with Gasteiger partial charge in [-0.15, -0.1) is 5.10 Å². The minimum atomic E-state index is -0.684. The number of carbonyl (C=O) groups excluding carboxylic acids is 1. The Labute approximate surface area is 82.1 Å². The standard InChI is InChI=1S/C9H13N3O2/c1-9(4-3-5-14-9)8(13)7-6-12(2)11-10-7/h6H,3-5H2,1-2H3. The number of hydrogen-bond donors (Lipinski definition) is 0. The summed E-state index contributed by atoms with van der Waals surface area (Å²) in [5.74, 6) is -0.0666. The number of rotatable bonds is 2. The van der Waals surface area contributed by atoms with Crippen LogP contribution in [0, 0.1) is 0 Å². The lowest BCUT2D eigenvalue weighted by atomic mass is 9.95. The molecule has 0 saturated carbocycles. The van der Waals surface area contributed by atoms with Crippen LogP contribution in [0.3, 0.4) is 0 Å². The number of nitrogens with zero attached hydrogens (tertiary/aromatic N) is 3. The fourth-order valence-electron chi connectivity index (χ4n) is 1.68. The van der Waals surface area contributed by atoms with Gasteiger partial charge in [0.15, 0.2) is 5.69 Å². The van der Waals surface area contributed by atoms with E-state index in [1.807, 2.05) is 6.92 Å². The summed E-state index contributed by atoms with van der Waals surface area (Å²) >= 11 is 0. The largest absolute Gasteiger partial charge is 0.367 e. The van der Waals surface area contributed by atoms with Crippen molar-refractivity contribution >= 4 is 5.78 Å². The molecular formula is C9H13N3O2. The van der Waals surface area contributed by atoms with Crippen LogP contribution in [0.25, 0.3) is 0 Å². The molecule has 0 spiro atoms. The average molecular weight is 195 g/mol. The molecule has 1 aromatic heterocycles. The molecule has 0 aliphatic carbocycles. The maximum Gasteiger partial charge on any atom is 0.216 e. The zero-order chi connectivity index (χ0) is 10.2. The van der Waals surface area contributed by atoms with Crippen LogP contribution in [0.15, 0.2) is 6.20 Å². The Morgan fingerprint density at radius 2 is 2.50 bits per heavy atom. The van der Waals surface area contributed by atoms with Crippen LogP contribution < -0.4 is 0 Å². The maximum atomic E-state index is 11.9. The quantitative estimate of drug-likeness (QED) is 0.647. The summed E-state index contributed by atoms with van der Waals surface area (Å²) in [6, 6.07) is 0. The molecule has 2 rings (SSSR count). The van der Waals surface area contributed by atoms with E-state index in [1.165, 1.54) is 4.68 Å². The van der Waals surface area contributed by atoms with Crippen LogP contribution in [0.1, 0.15) is 30.3 Å². The van der Waals surface area contributed by atoms with Crippen molar-refractivity contribution in [2.75, 3.05) is 6.61 Å². The fourth-order valence-corrected chi connectivity index (χ4v) is 1.68. The van der Waals surface area contributed by atoms with Crippen molar-refractivity contribution < 1.29 is 9.53 Å². The van der Waals surface area contributed by atoms with E-state index < -0.39 is 5.60 Å². The molecule has 1 atom stereocenters. The van der Waals surface area contributed by atoms with Gasteiger partial charge in [-0.05, 0) is 19.8 Å². The molecule has 2 heterocycles. The number of aromatic nitrogens is 3.